The van der Waals surface area contributed by atoms with Gasteiger partial charge in [0, 0.05) is 0 Å². The van der Waals surface area contributed by atoms with Gasteiger partial charge in [-0.3, -0.25) is 0 Å². The average Bonchev–Trinajstić information content (AvgIpc) is 3.04. The van der Waals surface area contributed by atoms with Crippen molar-refractivity contribution in [1.29, 1.82) is 0 Å². The van der Waals surface area contributed by atoms with Crippen LogP contribution < -0.4 is 0 Å². The summed E-state index contributed by atoms with van der Waals surface area (Å²) >= 11 is 0. The van der Waals surface area contributed by atoms with E-state index in [1.54, 1.807) is 4.80 Å². The Bertz CT molecular complexity index is 875. The first-order valence-electron chi connectivity index (χ1n) is 5.87. The van der Waals surface area contributed by atoms with Crippen LogP contribution in [0.4, 0.5) is 0 Å². The Balaban J connectivity index is 1.98. The highest BCUT2D eigenvalue weighted by atomic mass is 16.6. The second-order valence-electron chi connectivity index (χ2n) is 4.39. The van der Waals surface area contributed by atoms with Crippen molar-refractivity contribution in [1.82, 2.24) is 25.3 Å². The molecule has 6 heteroatoms. The van der Waals surface area contributed by atoms with Gasteiger partial charge in [-0.1, -0.05) is 17.7 Å². The Hall–Kier alpha value is -2.76. The minimum absolute atomic E-state index is 0.635. The molecule has 0 aliphatic heterocycles. The lowest BCUT2D eigenvalue weighted by molar-refractivity contribution is 0.315. The number of aryl methyl sites for hydroxylation is 1. The Morgan fingerprint density at radius 2 is 1.63 bits per heavy atom. The number of nitrogens with zero attached hydrogens (tertiary/aromatic N) is 5. The smallest absolute Gasteiger partial charge is 0.164 e. The first kappa shape index (κ1) is 10.2. The predicted molar refractivity (Wildman–Crippen MR) is 69.0 cm³/mol. The van der Waals surface area contributed by atoms with E-state index in [4.69, 9.17) is 4.63 Å². The largest absolute Gasteiger partial charge is 0.243 e. The molecule has 0 radical (unpaired) electrons. The summed E-state index contributed by atoms with van der Waals surface area (Å²) in [5.74, 6) is 0. The van der Waals surface area contributed by atoms with Gasteiger partial charge in [-0.2, -0.15) is 4.80 Å². The molecule has 0 aliphatic rings. The van der Waals surface area contributed by atoms with Crippen molar-refractivity contribution in [2.45, 2.75) is 6.92 Å². The highest BCUT2D eigenvalue weighted by molar-refractivity contribution is 5.98. The van der Waals surface area contributed by atoms with Crippen molar-refractivity contribution in [3.05, 3.63) is 42.0 Å². The molecule has 0 bridgehead atoms. The summed E-state index contributed by atoms with van der Waals surface area (Å²) in [6.45, 7) is 2.04. The molecular formula is C13H9N5O. The zero-order valence-electron chi connectivity index (χ0n) is 10.1. The summed E-state index contributed by atoms with van der Waals surface area (Å²) in [5, 5.41) is 16.6. The Labute approximate surface area is 107 Å². The van der Waals surface area contributed by atoms with Crippen LogP contribution in [0.2, 0.25) is 0 Å². The number of hydrogen-bond donors (Lipinski definition) is 0. The number of hydrogen-bond acceptors (Lipinski definition) is 5. The van der Waals surface area contributed by atoms with Crippen molar-refractivity contribution in [2.24, 2.45) is 0 Å². The van der Waals surface area contributed by atoms with Gasteiger partial charge in [0.15, 0.2) is 5.52 Å². The lowest BCUT2D eigenvalue weighted by Gasteiger charge is -1.98. The van der Waals surface area contributed by atoms with E-state index in [-0.39, 0.29) is 0 Å². The van der Waals surface area contributed by atoms with E-state index in [0.29, 0.717) is 16.6 Å². The second-order valence-corrected chi connectivity index (χ2v) is 4.39. The van der Waals surface area contributed by atoms with E-state index in [9.17, 15) is 0 Å². The molecule has 0 saturated carbocycles. The lowest BCUT2D eigenvalue weighted by atomic mass is 10.2. The summed E-state index contributed by atoms with van der Waals surface area (Å²) < 4.78 is 4.73. The molecule has 6 nitrogen and oxygen atoms in total. The van der Waals surface area contributed by atoms with Crippen LogP contribution in [-0.2, 0) is 0 Å². The fourth-order valence-electron chi connectivity index (χ4n) is 2.02. The molecule has 19 heavy (non-hydrogen) atoms. The fraction of sp³-hybridized carbons (Fsp3) is 0.0769. The number of benzene rings is 2. The summed E-state index contributed by atoms with van der Waals surface area (Å²) in [4.78, 5) is 1.60. The molecule has 2 aromatic carbocycles. The fourth-order valence-corrected chi connectivity index (χ4v) is 2.02. The molecule has 2 aromatic heterocycles. The zero-order valence-corrected chi connectivity index (χ0v) is 10.1. The molecule has 4 rings (SSSR count). The number of fused-ring (bicyclic) bond motifs is 3. The quantitative estimate of drug-likeness (QED) is 0.519. The third kappa shape index (κ3) is 1.50. The molecule has 2 heterocycles. The van der Waals surface area contributed by atoms with E-state index in [0.717, 1.165) is 11.2 Å². The molecule has 92 valence electrons. The van der Waals surface area contributed by atoms with Gasteiger partial charge in [0.2, 0.25) is 0 Å². The molecular weight excluding hydrogens is 242 g/mol. The second kappa shape index (κ2) is 3.61. The van der Waals surface area contributed by atoms with Gasteiger partial charge < -0.3 is 0 Å². The van der Waals surface area contributed by atoms with Crippen LogP contribution in [0.1, 0.15) is 5.56 Å². The van der Waals surface area contributed by atoms with Crippen molar-refractivity contribution in [3.63, 3.8) is 0 Å². The van der Waals surface area contributed by atoms with Crippen molar-refractivity contribution < 1.29 is 4.63 Å². The van der Waals surface area contributed by atoms with Gasteiger partial charge in [0.25, 0.3) is 0 Å². The van der Waals surface area contributed by atoms with Gasteiger partial charge in [-0.15, -0.1) is 10.2 Å². The first-order valence-corrected chi connectivity index (χ1v) is 5.87. The number of rotatable bonds is 1. The Morgan fingerprint density at radius 3 is 2.47 bits per heavy atom. The van der Waals surface area contributed by atoms with Crippen LogP contribution in [0.3, 0.4) is 0 Å². The van der Waals surface area contributed by atoms with Crippen LogP contribution in [0, 0.1) is 6.92 Å². The van der Waals surface area contributed by atoms with Crippen molar-refractivity contribution >= 4 is 22.1 Å². The molecule has 0 aliphatic carbocycles. The predicted octanol–water partition coefficient (Wildman–Crippen LogP) is 2.27. The first-order chi connectivity index (χ1) is 9.31. The Morgan fingerprint density at radius 1 is 0.842 bits per heavy atom. The van der Waals surface area contributed by atoms with Crippen LogP contribution in [0.25, 0.3) is 27.8 Å². The van der Waals surface area contributed by atoms with Crippen LogP contribution in [-0.4, -0.2) is 25.3 Å². The molecule has 0 amide bonds. The molecule has 0 saturated heterocycles. The third-order valence-electron chi connectivity index (χ3n) is 3.04. The number of aromatic nitrogens is 5. The standard InChI is InChI=1S/C13H9N5O/c1-8-2-4-9(5-3-8)18-14-10-6-7-11-13(12(10)15-18)17-19-16-11/h2-7H,1H3. The average molecular weight is 251 g/mol. The van der Waals surface area contributed by atoms with Gasteiger partial charge in [0.1, 0.15) is 16.6 Å². The molecule has 0 atom stereocenters. The van der Waals surface area contributed by atoms with E-state index in [1.165, 1.54) is 5.56 Å². The SMILES string of the molecule is Cc1ccc(-n2nc3ccc4nonc4c3n2)cc1. The summed E-state index contributed by atoms with van der Waals surface area (Å²) in [6.07, 6.45) is 0. The van der Waals surface area contributed by atoms with Crippen molar-refractivity contribution in [3.8, 4) is 5.69 Å². The normalized spacial score (nSPS) is 11.4. The maximum Gasteiger partial charge on any atom is 0.164 e. The summed E-state index contributed by atoms with van der Waals surface area (Å²) in [7, 11) is 0. The van der Waals surface area contributed by atoms with E-state index < -0.39 is 0 Å². The van der Waals surface area contributed by atoms with Crippen LogP contribution in [0.15, 0.2) is 41.0 Å². The van der Waals surface area contributed by atoms with Crippen LogP contribution >= 0.6 is 0 Å². The molecule has 0 fully saturated rings. The lowest BCUT2D eigenvalue weighted by Crippen LogP contribution is -1.97. The molecule has 0 spiro atoms. The monoisotopic (exact) mass is 251 g/mol. The topological polar surface area (TPSA) is 69.6 Å². The minimum Gasteiger partial charge on any atom is -0.243 e. The Kier molecular flexibility index (Phi) is 1.94. The summed E-state index contributed by atoms with van der Waals surface area (Å²) in [6, 6.07) is 11.7. The van der Waals surface area contributed by atoms with Crippen LogP contribution in [0.5, 0.6) is 0 Å². The van der Waals surface area contributed by atoms with E-state index in [1.807, 2.05) is 43.3 Å². The maximum atomic E-state index is 4.73. The van der Waals surface area contributed by atoms with Gasteiger partial charge in [-0.05, 0) is 41.5 Å². The molecule has 0 N–H and O–H groups in total. The van der Waals surface area contributed by atoms with E-state index in [2.05, 4.69) is 20.5 Å². The van der Waals surface area contributed by atoms with Gasteiger partial charge >= 0.3 is 0 Å². The summed E-state index contributed by atoms with van der Waals surface area (Å²) in [5.41, 5.74) is 4.89. The van der Waals surface area contributed by atoms with Crippen molar-refractivity contribution in [2.75, 3.05) is 0 Å². The zero-order chi connectivity index (χ0) is 12.8. The highest BCUT2D eigenvalue weighted by Gasteiger charge is 2.11. The molecule has 4 aromatic rings. The highest BCUT2D eigenvalue weighted by Crippen LogP contribution is 2.20. The third-order valence-corrected chi connectivity index (χ3v) is 3.04. The van der Waals surface area contributed by atoms with E-state index >= 15 is 0 Å². The van der Waals surface area contributed by atoms with Gasteiger partial charge in [-0.25, -0.2) is 4.63 Å². The molecule has 0 unspecified atom stereocenters. The van der Waals surface area contributed by atoms with Gasteiger partial charge in [0.05, 0.1) is 5.69 Å². The maximum absolute atomic E-state index is 4.73. The minimum atomic E-state index is 0.635.